The van der Waals surface area contributed by atoms with E-state index in [0.717, 1.165) is 16.8 Å². The molecule has 6 atom stereocenters. The van der Waals surface area contributed by atoms with Gasteiger partial charge in [-0.15, -0.1) is 9.05 Å². The Kier molecular flexibility index (Phi) is 2.51. The van der Waals surface area contributed by atoms with E-state index in [0.29, 0.717) is 0 Å². The van der Waals surface area contributed by atoms with E-state index in [1.807, 2.05) is 4.98 Å². The van der Waals surface area contributed by atoms with Gasteiger partial charge in [0, 0.05) is 16.8 Å². The summed E-state index contributed by atoms with van der Waals surface area (Å²) in [6.45, 7) is 0.860. The van der Waals surface area contributed by atoms with Gasteiger partial charge in [0.15, 0.2) is 18.0 Å². The van der Waals surface area contributed by atoms with Crippen LogP contribution in [0.4, 0.5) is 4.39 Å². The van der Waals surface area contributed by atoms with Gasteiger partial charge in [0.25, 0.3) is 5.56 Å². The molecule has 9 nitrogen and oxygen atoms in total. The summed E-state index contributed by atoms with van der Waals surface area (Å²) in [7, 11) is -2.60. The maximum absolute atomic E-state index is 14.3. The van der Waals surface area contributed by atoms with Crippen molar-refractivity contribution >= 4 is 8.25 Å². The molecule has 3 heterocycles. The molecule has 3 fully saturated rings. The van der Waals surface area contributed by atoms with Crippen molar-refractivity contribution in [1.82, 2.24) is 9.55 Å². The van der Waals surface area contributed by atoms with Crippen LogP contribution in [-0.2, 0) is 18.3 Å². The number of H-pyrrole nitrogens is 1. The van der Waals surface area contributed by atoms with Crippen molar-refractivity contribution < 1.29 is 27.8 Å². The van der Waals surface area contributed by atoms with E-state index in [1.54, 1.807) is 0 Å². The lowest BCUT2D eigenvalue weighted by Gasteiger charge is -2.31. The molecule has 0 bridgehead atoms. The smallest absolute Gasteiger partial charge is 0.382 e. The summed E-state index contributed by atoms with van der Waals surface area (Å²) in [4.78, 5) is 25.0. The summed E-state index contributed by atoms with van der Waals surface area (Å²) in [5.74, 6) is 0. The maximum atomic E-state index is 14.3. The zero-order chi connectivity index (χ0) is 15.9. The lowest BCUT2D eigenvalue weighted by Crippen LogP contribution is -2.51. The summed E-state index contributed by atoms with van der Waals surface area (Å²) >= 11 is 0. The molecule has 2 saturated heterocycles. The Morgan fingerprint density at radius 3 is 2.95 bits per heavy atom. The zero-order valence-electron chi connectivity index (χ0n) is 11.2. The van der Waals surface area contributed by atoms with Crippen molar-refractivity contribution in [1.29, 1.82) is 0 Å². The molecule has 0 radical (unpaired) electrons. The Labute approximate surface area is 122 Å². The molecule has 2 N–H and O–H groups in total. The van der Waals surface area contributed by atoms with Crippen molar-refractivity contribution in [2.45, 2.75) is 36.1 Å². The summed E-state index contributed by atoms with van der Waals surface area (Å²) in [5.41, 5.74) is -6.94. The fourth-order valence-corrected chi connectivity index (χ4v) is 4.44. The van der Waals surface area contributed by atoms with Gasteiger partial charge in [0.05, 0.1) is 0 Å². The van der Waals surface area contributed by atoms with Crippen LogP contribution >= 0.6 is 8.25 Å². The van der Waals surface area contributed by atoms with Gasteiger partial charge < -0.3 is 9.84 Å². The highest BCUT2D eigenvalue weighted by molar-refractivity contribution is 7.33. The van der Waals surface area contributed by atoms with Gasteiger partial charge in [-0.3, -0.25) is 14.3 Å². The van der Waals surface area contributed by atoms with E-state index >= 15 is 0 Å². The first-order valence-corrected chi connectivity index (χ1v) is 7.51. The topological polar surface area (TPSA) is 120 Å². The molecule has 3 aliphatic rings. The largest absolute Gasteiger partial charge is 0.698 e. The summed E-state index contributed by atoms with van der Waals surface area (Å²) in [6.07, 6.45) is -1.95. The Morgan fingerprint density at radius 1 is 1.55 bits per heavy atom. The number of halogens is 1. The fourth-order valence-electron chi connectivity index (χ4n) is 3.43. The van der Waals surface area contributed by atoms with E-state index < -0.39 is 48.7 Å². The van der Waals surface area contributed by atoms with Crippen molar-refractivity contribution in [3.63, 3.8) is 0 Å². The number of aliphatic hydroxyl groups is 1. The lowest BCUT2D eigenvalue weighted by molar-refractivity contribution is -0.150. The van der Waals surface area contributed by atoms with Gasteiger partial charge in [-0.25, -0.2) is 9.18 Å². The monoisotopic (exact) mass is 333 g/mol. The zero-order valence-corrected chi connectivity index (χ0v) is 12.1. The molecule has 11 heteroatoms. The molecule has 118 valence electrons. The standard InChI is InChI=1S/C11H10FN2O7P/c1-9(17)7(14-3-2-5(15)13-8(14)16)20-10-4-19-22(18)21-11(9,10)6(10)12/h2-3,6-7,17H,4H2,1H3/p+1. The Morgan fingerprint density at radius 2 is 2.27 bits per heavy atom. The van der Waals surface area contributed by atoms with Crippen LogP contribution in [0.2, 0.25) is 0 Å². The minimum absolute atomic E-state index is 0.367. The predicted molar refractivity (Wildman–Crippen MR) is 67.1 cm³/mol. The molecule has 22 heavy (non-hydrogen) atoms. The number of aromatic nitrogens is 2. The summed E-state index contributed by atoms with van der Waals surface area (Å²) < 4.78 is 42.1. The van der Waals surface area contributed by atoms with Crippen LogP contribution < -0.4 is 11.2 Å². The van der Waals surface area contributed by atoms with E-state index in [1.165, 1.54) is 6.92 Å². The lowest BCUT2D eigenvalue weighted by atomic mass is 9.94. The molecule has 4 rings (SSSR count). The quantitative estimate of drug-likeness (QED) is 0.655. The minimum atomic E-state index is -2.60. The third-order valence-corrected chi connectivity index (χ3v) is 5.35. The number of rotatable bonds is 1. The number of alkyl halides is 1. The highest BCUT2D eigenvalue weighted by Gasteiger charge is 2.99. The van der Waals surface area contributed by atoms with Crippen molar-refractivity contribution in [3.05, 3.63) is 33.1 Å². The number of aromatic amines is 1. The first-order chi connectivity index (χ1) is 10.3. The van der Waals surface area contributed by atoms with Gasteiger partial charge in [-0.1, -0.05) is 0 Å². The number of hydrogen-bond acceptors (Lipinski definition) is 7. The van der Waals surface area contributed by atoms with Crippen molar-refractivity contribution in [2.75, 3.05) is 6.61 Å². The van der Waals surface area contributed by atoms with E-state index in [4.69, 9.17) is 13.8 Å². The second-order valence-electron chi connectivity index (χ2n) is 5.71. The molecule has 1 saturated carbocycles. The van der Waals surface area contributed by atoms with Crippen LogP contribution in [0.1, 0.15) is 13.2 Å². The first kappa shape index (κ1) is 14.2. The number of hydrogen-bond donors (Lipinski definition) is 2. The van der Waals surface area contributed by atoms with Crippen LogP contribution in [0.3, 0.4) is 0 Å². The summed E-state index contributed by atoms with van der Waals surface area (Å²) in [6, 6.07) is 1.06. The number of nitrogens with zero attached hydrogens (tertiary/aromatic N) is 1. The molecular weight excluding hydrogens is 322 g/mol. The Balaban J connectivity index is 1.84. The van der Waals surface area contributed by atoms with Crippen molar-refractivity contribution in [3.8, 4) is 0 Å². The van der Waals surface area contributed by atoms with Gasteiger partial charge in [-0.2, -0.15) is 0 Å². The van der Waals surface area contributed by atoms with E-state index in [2.05, 4.69) is 0 Å². The van der Waals surface area contributed by atoms with Gasteiger partial charge in [0.1, 0.15) is 12.2 Å². The number of nitrogens with one attached hydrogen (secondary N) is 1. The average Bonchev–Trinajstić information content (AvgIpc) is 2.89. The van der Waals surface area contributed by atoms with Gasteiger partial charge >= 0.3 is 13.9 Å². The number of ether oxygens (including phenoxy) is 1. The molecule has 1 aromatic rings. The molecule has 1 aromatic heterocycles. The minimum Gasteiger partial charge on any atom is -0.382 e. The normalized spacial score (nSPS) is 47.9. The van der Waals surface area contributed by atoms with Crippen molar-refractivity contribution in [2.24, 2.45) is 0 Å². The molecule has 2 aliphatic heterocycles. The first-order valence-electron chi connectivity index (χ1n) is 6.41. The third kappa shape index (κ3) is 1.33. The molecule has 1 aliphatic carbocycles. The van der Waals surface area contributed by atoms with Crippen LogP contribution in [0.15, 0.2) is 21.9 Å². The maximum Gasteiger partial charge on any atom is 0.698 e. The second-order valence-corrected chi connectivity index (χ2v) is 6.60. The highest BCUT2D eigenvalue weighted by Crippen LogP contribution is 2.74. The average molecular weight is 333 g/mol. The SMILES string of the molecule is CC1(O)C(n2ccc(=O)[nH]c2=O)OC23CO[P+](=O)OC12C3F. The van der Waals surface area contributed by atoms with Gasteiger partial charge in [-0.05, 0) is 6.92 Å². The van der Waals surface area contributed by atoms with Crippen LogP contribution in [0.25, 0.3) is 0 Å². The summed E-state index contributed by atoms with van der Waals surface area (Å²) in [5, 5.41) is 10.8. The fraction of sp³-hybridized carbons (Fsp3) is 0.636. The Bertz CT molecular complexity index is 806. The molecule has 0 aromatic carbocycles. The van der Waals surface area contributed by atoms with Crippen LogP contribution in [0, 0.1) is 0 Å². The molecule has 6 unspecified atom stereocenters. The predicted octanol–water partition coefficient (Wildman–Crippen LogP) is -0.650. The molecular formula is C11H11FN2O7P+. The second kappa shape index (κ2) is 3.90. The van der Waals surface area contributed by atoms with Crippen LogP contribution in [-0.4, -0.2) is 44.2 Å². The highest BCUT2D eigenvalue weighted by atomic mass is 31.1. The van der Waals surface area contributed by atoms with Gasteiger partial charge in [0.2, 0.25) is 5.60 Å². The van der Waals surface area contributed by atoms with Crippen LogP contribution in [0.5, 0.6) is 0 Å². The molecule has 0 spiro atoms. The van der Waals surface area contributed by atoms with E-state index in [9.17, 15) is 23.7 Å². The molecule has 0 amide bonds. The third-order valence-electron chi connectivity index (χ3n) is 4.57. The Hall–Kier alpha value is -1.45. The van der Waals surface area contributed by atoms with E-state index in [-0.39, 0.29) is 6.61 Å².